The zero-order valence-corrected chi connectivity index (χ0v) is 18.1. The van der Waals surface area contributed by atoms with E-state index >= 15 is 0 Å². The van der Waals surface area contributed by atoms with Crippen LogP contribution in [0.5, 0.6) is 0 Å². The zero-order chi connectivity index (χ0) is 22.6. The lowest BCUT2D eigenvalue weighted by Crippen LogP contribution is -2.13. The van der Waals surface area contributed by atoms with Gasteiger partial charge >= 0.3 is 0 Å². The monoisotopic (exact) mass is 461 g/mol. The number of H-pyrrole nitrogens is 2. The van der Waals surface area contributed by atoms with Gasteiger partial charge in [-0.1, -0.05) is 30.0 Å². The molecule has 0 atom stereocenters. The number of imidazole rings is 1. The van der Waals surface area contributed by atoms with Crippen molar-refractivity contribution in [2.24, 2.45) is 0 Å². The fraction of sp³-hybridized carbons (Fsp3) is 0.0870. The van der Waals surface area contributed by atoms with Crippen LogP contribution in [0.2, 0.25) is 0 Å². The molecule has 5 rings (SSSR count). The van der Waals surface area contributed by atoms with E-state index in [1.807, 2.05) is 30.3 Å². The van der Waals surface area contributed by atoms with E-state index < -0.39 is 0 Å². The highest BCUT2D eigenvalue weighted by Crippen LogP contribution is 2.33. The number of aromatic nitrogens is 4. The van der Waals surface area contributed by atoms with Crippen molar-refractivity contribution in [1.82, 2.24) is 19.7 Å². The fourth-order valence-corrected chi connectivity index (χ4v) is 4.10. The zero-order valence-electron chi connectivity index (χ0n) is 17.3. The Kier molecular flexibility index (Phi) is 5.73. The third-order valence-electron chi connectivity index (χ3n) is 4.78. The van der Waals surface area contributed by atoms with Crippen molar-refractivity contribution in [3.05, 3.63) is 83.5 Å². The molecule has 0 aliphatic heterocycles. The average molecular weight is 462 g/mol. The normalized spacial score (nSPS) is 11.0. The molecule has 5 aromatic rings. The van der Waals surface area contributed by atoms with E-state index in [2.05, 4.69) is 20.4 Å². The lowest BCUT2D eigenvalue weighted by atomic mass is 10.2. The number of para-hydroxylation sites is 1. The molecule has 0 unspecified atom stereocenters. The second-order valence-corrected chi connectivity index (χ2v) is 8.13. The lowest BCUT2D eigenvalue weighted by molar-refractivity contribution is -0.115. The van der Waals surface area contributed by atoms with E-state index in [-0.39, 0.29) is 17.9 Å². The van der Waals surface area contributed by atoms with E-state index in [0.717, 1.165) is 0 Å². The Morgan fingerprint density at radius 1 is 1.03 bits per heavy atom. The number of carbonyl (C=O) groups is 1. The minimum Gasteiger partial charge on any atom is -0.463 e. The lowest BCUT2D eigenvalue weighted by Gasteiger charge is -2.03. The largest absolute Gasteiger partial charge is 0.463 e. The molecule has 1 amide bonds. The molecule has 0 fully saturated rings. The summed E-state index contributed by atoms with van der Waals surface area (Å²) in [6, 6.07) is 17.8. The Labute approximate surface area is 191 Å². The summed E-state index contributed by atoms with van der Waals surface area (Å²) < 4.78 is 12.4. The topological polar surface area (TPSA) is 122 Å². The molecule has 0 saturated carbocycles. The molecule has 0 radical (unpaired) electrons. The van der Waals surface area contributed by atoms with Crippen molar-refractivity contribution in [2.75, 3.05) is 11.1 Å². The number of nitrogens with zero attached hydrogens (tertiary/aromatic N) is 2. The highest BCUT2D eigenvalue weighted by Gasteiger charge is 2.18. The van der Waals surface area contributed by atoms with E-state index in [1.165, 1.54) is 22.5 Å². The van der Waals surface area contributed by atoms with Crippen molar-refractivity contribution in [3.63, 3.8) is 0 Å². The first-order valence-corrected chi connectivity index (χ1v) is 11.1. The molecule has 0 aliphatic carbocycles. The van der Waals surface area contributed by atoms with Crippen LogP contribution in [-0.4, -0.2) is 31.4 Å². The summed E-state index contributed by atoms with van der Waals surface area (Å²) in [5.74, 6) is 1.88. The molecule has 3 N–H and O–H groups in total. The molecule has 10 heteroatoms. The van der Waals surface area contributed by atoms with Gasteiger partial charge in [-0.25, -0.2) is 9.67 Å². The molecule has 0 bridgehead atoms. The number of amides is 1. The van der Waals surface area contributed by atoms with Gasteiger partial charge in [-0.15, -0.1) is 0 Å². The summed E-state index contributed by atoms with van der Waals surface area (Å²) in [4.78, 5) is 32.4. The van der Waals surface area contributed by atoms with Crippen LogP contribution in [0.15, 0.2) is 92.0 Å². The predicted octanol–water partition coefficient (Wildman–Crippen LogP) is 4.53. The van der Waals surface area contributed by atoms with Gasteiger partial charge in [0.25, 0.3) is 5.56 Å². The second kappa shape index (κ2) is 9.13. The number of hydrogen-bond donors (Lipinski definition) is 3. The molecule has 0 saturated heterocycles. The molecular weight excluding hydrogens is 442 g/mol. The van der Waals surface area contributed by atoms with Gasteiger partial charge in [-0.2, -0.15) is 0 Å². The van der Waals surface area contributed by atoms with E-state index in [4.69, 9.17) is 8.83 Å². The van der Waals surface area contributed by atoms with Crippen molar-refractivity contribution in [2.45, 2.75) is 11.6 Å². The van der Waals surface area contributed by atoms with E-state index in [0.29, 0.717) is 45.3 Å². The van der Waals surface area contributed by atoms with E-state index in [9.17, 15) is 9.59 Å². The summed E-state index contributed by atoms with van der Waals surface area (Å²) in [6.45, 7) is 0. The molecule has 4 aromatic heterocycles. The maximum Gasteiger partial charge on any atom is 0.273 e. The summed E-state index contributed by atoms with van der Waals surface area (Å²) in [5, 5.41) is 6.28. The Morgan fingerprint density at radius 2 is 1.79 bits per heavy atom. The minimum atomic E-state index is -0.252. The van der Waals surface area contributed by atoms with Gasteiger partial charge in [0, 0.05) is 18.2 Å². The third kappa shape index (κ3) is 4.55. The van der Waals surface area contributed by atoms with Crippen molar-refractivity contribution in [3.8, 4) is 28.6 Å². The number of thioether (sulfide) groups is 1. The van der Waals surface area contributed by atoms with Crippen molar-refractivity contribution >= 4 is 23.5 Å². The Morgan fingerprint density at radius 3 is 2.52 bits per heavy atom. The number of benzene rings is 1. The number of hydrogen-bond acceptors (Lipinski definition) is 6. The van der Waals surface area contributed by atoms with Crippen LogP contribution in [0.1, 0.15) is 6.42 Å². The van der Waals surface area contributed by atoms with Crippen molar-refractivity contribution in [1.29, 1.82) is 0 Å². The summed E-state index contributed by atoms with van der Waals surface area (Å²) in [6.07, 6.45) is 3.41. The van der Waals surface area contributed by atoms with Gasteiger partial charge in [0.15, 0.2) is 16.7 Å². The average Bonchev–Trinajstić information content (AvgIpc) is 3.61. The number of rotatable bonds is 8. The standard InChI is InChI=1S/C23H19N5O4S/c29-19(24-18-14-20(30)28(27-18)15-6-2-1-3-7-15)10-13-33-23-25-21(16-8-4-11-31-16)22(26-23)17-9-5-12-32-17/h1-9,11-12,14,27H,10,13H2,(H,24,29)(H,25,26). The van der Waals surface area contributed by atoms with Crippen LogP contribution in [0, 0.1) is 0 Å². The van der Waals surface area contributed by atoms with Crippen molar-refractivity contribution < 1.29 is 13.6 Å². The van der Waals surface area contributed by atoms with Gasteiger partial charge in [-0.05, 0) is 36.4 Å². The molecule has 9 nitrogen and oxygen atoms in total. The van der Waals surface area contributed by atoms with Crippen LogP contribution in [0.3, 0.4) is 0 Å². The first kappa shape index (κ1) is 20.7. The molecule has 166 valence electrons. The van der Waals surface area contributed by atoms with Crippen LogP contribution in [0.25, 0.3) is 28.6 Å². The molecule has 4 heterocycles. The minimum absolute atomic E-state index is 0.215. The van der Waals surface area contributed by atoms with Gasteiger partial charge in [0.2, 0.25) is 5.91 Å². The smallest absolute Gasteiger partial charge is 0.273 e. The molecule has 1 aromatic carbocycles. The van der Waals surface area contributed by atoms with Gasteiger partial charge in [0.05, 0.1) is 18.2 Å². The maximum absolute atomic E-state index is 12.4. The molecule has 0 spiro atoms. The first-order chi connectivity index (χ1) is 16.2. The van der Waals surface area contributed by atoms with Crippen LogP contribution >= 0.6 is 11.8 Å². The number of anilines is 1. The highest BCUT2D eigenvalue weighted by atomic mass is 32.2. The van der Waals surface area contributed by atoms with Gasteiger partial charge in [-0.3, -0.25) is 14.7 Å². The van der Waals surface area contributed by atoms with Crippen LogP contribution in [-0.2, 0) is 4.79 Å². The first-order valence-electron chi connectivity index (χ1n) is 10.2. The molecule has 0 aliphatic rings. The number of nitrogens with one attached hydrogen (secondary N) is 3. The van der Waals surface area contributed by atoms with Gasteiger partial charge < -0.3 is 19.1 Å². The summed E-state index contributed by atoms with van der Waals surface area (Å²) in [5.41, 5.74) is 1.79. The predicted molar refractivity (Wildman–Crippen MR) is 124 cm³/mol. The molecular formula is C23H19N5O4S. The van der Waals surface area contributed by atoms with Crippen LogP contribution in [0.4, 0.5) is 5.82 Å². The quantitative estimate of drug-likeness (QED) is 0.292. The fourth-order valence-electron chi connectivity index (χ4n) is 3.29. The van der Waals surface area contributed by atoms with E-state index in [1.54, 1.807) is 36.8 Å². The Balaban J connectivity index is 1.22. The number of carbonyl (C=O) groups excluding carboxylic acids is 1. The maximum atomic E-state index is 12.4. The second-order valence-electron chi connectivity index (χ2n) is 7.05. The molecule has 33 heavy (non-hydrogen) atoms. The number of aromatic amines is 2. The SMILES string of the molecule is O=C(CCSc1nc(-c2ccco2)c(-c2ccco2)[nH]1)Nc1cc(=O)n(-c2ccccc2)[nH]1. The van der Waals surface area contributed by atoms with Crippen LogP contribution < -0.4 is 10.9 Å². The van der Waals surface area contributed by atoms with Gasteiger partial charge in [0.1, 0.15) is 17.2 Å². The Hall–Kier alpha value is -4.18. The highest BCUT2D eigenvalue weighted by molar-refractivity contribution is 7.99. The Bertz CT molecular complexity index is 1350. The number of furan rings is 2. The summed E-state index contributed by atoms with van der Waals surface area (Å²) >= 11 is 1.41. The summed E-state index contributed by atoms with van der Waals surface area (Å²) in [7, 11) is 0. The third-order valence-corrected chi connectivity index (χ3v) is 5.66.